The Balaban J connectivity index is 1.37. The Morgan fingerprint density at radius 2 is 1.36 bits per heavy atom. The summed E-state index contributed by atoms with van der Waals surface area (Å²) in [6, 6.07) is 17.2. The third kappa shape index (κ3) is 5.57. The molecule has 1 heterocycles. The molecule has 1 saturated heterocycles. The summed E-state index contributed by atoms with van der Waals surface area (Å²) in [5.41, 5.74) is 1.20. The van der Waals surface area contributed by atoms with Gasteiger partial charge in [0.25, 0.3) is 23.4 Å². The van der Waals surface area contributed by atoms with Crippen molar-refractivity contribution in [2.75, 3.05) is 6.54 Å². The fourth-order valence-electron chi connectivity index (χ4n) is 4.92. The largest absolute Gasteiger partial charge is 0.423 e. The lowest BCUT2D eigenvalue weighted by atomic mass is 9.85. The lowest BCUT2D eigenvalue weighted by Crippen LogP contribution is -2.52. The number of rotatable bonds is 8. The highest BCUT2D eigenvalue weighted by atomic mass is 16.6. The molecule has 2 atom stereocenters. The maximum Gasteiger partial charge on any atom is 0.343 e. The number of carbonyl (C=O) groups is 5. The van der Waals surface area contributed by atoms with Gasteiger partial charge in [-0.25, -0.2) is 9.80 Å². The number of hydrazine groups is 1. The van der Waals surface area contributed by atoms with Gasteiger partial charge in [0.05, 0.1) is 22.3 Å². The third-order valence-electron chi connectivity index (χ3n) is 7.25. The lowest BCUT2D eigenvalue weighted by molar-refractivity contribution is -0.384. The lowest BCUT2D eigenvalue weighted by Gasteiger charge is -2.30. The summed E-state index contributed by atoms with van der Waals surface area (Å²) in [5.74, 6) is -4.27. The standard InChI is InChI=1S/C31H25N3O8/c1-19-6-8-22(9-7-19)31(39)42-24-16-12-20(13-17-24)27(35)18-32(28(36)21-10-14-23(15-11-21)34(40)41)33-29(37)25-4-2-3-5-26(25)30(33)38/h2-3,6-17,25-26H,4-5,18H2,1H3/t25-,26-/m1/s1. The van der Waals surface area contributed by atoms with Crippen LogP contribution < -0.4 is 4.74 Å². The normalized spacial score (nSPS) is 17.5. The topological polar surface area (TPSA) is 144 Å². The number of ketones is 1. The van der Waals surface area contributed by atoms with Gasteiger partial charge in [-0.15, -0.1) is 0 Å². The number of hydrogen-bond acceptors (Lipinski definition) is 8. The van der Waals surface area contributed by atoms with Crippen molar-refractivity contribution >= 4 is 35.2 Å². The molecular formula is C31H25N3O8. The second-order valence-electron chi connectivity index (χ2n) is 10.0. The van der Waals surface area contributed by atoms with Crippen LogP contribution in [0.4, 0.5) is 5.69 Å². The first-order chi connectivity index (χ1) is 20.1. The summed E-state index contributed by atoms with van der Waals surface area (Å²) in [6.45, 7) is 1.24. The van der Waals surface area contributed by atoms with Crippen molar-refractivity contribution in [3.8, 4) is 5.75 Å². The zero-order chi connectivity index (χ0) is 30.0. The summed E-state index contributed by atoms with van der Waals surface area (Å²) in [6.07, 6.45) is 4.28. The number of Topliss-reactive ketones (excluding diaryl/α,β-unsaturated/α-hetero) is 1. The second kappa shape index (κ2) is 11.6. The van der Waals surface area contributed by atoms with Crippen LogP contribution in [-0.2, 0) is 9.59 Å². The van der Waals surface area contributed by atoms with Crippen molar-refractivity contribution in [1.29, 1.82) is 0 Å². The number of ether oxygens (including phenoxy) is 1. The van der Waals surface area contributed by atoms with E-state index in [1.807, 2.05) is 6.92 Å². The van der Waals surface area contributed by atoms with Crippen LogP contribution in [0.25, 0.3) is 0 Å². The van der Waals surface area contributed by atoms with E-state index in [1.54, 1.807) is 36.4 Å². The molecule has 0 saturated carbocycles. The van der Waals surface area contributed by atoms with Crippen LogP contribution in [-0.4, -0.2) is 51.0 Å². The first kappa shape index (κ1) is 28.1. The number of carbonyl (C=O) groups excluding carboxylic acids is 5. The molecule has 3 amide bonds. The van der Waals surface area contributed by atoms with Crippen LogP contribution in [0.15, 0.2) is 84.9 Å². The third-order valence-corrected chi connectivity index (χ3v) is 7.25. The number of imide groups is 1. The number of hydrogen-bond donors (Lipinski definition) is 0. The van der Waals surface area contributed by atoms with Gasteiger partial charge in [-0.1, -0.05) is 29.8 Å². The van der Waals surface area contributed by atoms with Gasteiger partial charge in [0, 0.05) is 23.3 Å². The molecule has 0 spiro atoms. The van der Waals surface area contributed by atoms with Gasteiger partial charge in [-0.3, -0.25) is 29.3 Å². The number of allylic oxidation sites excluding steroid dienone is 2. The van der Waals surface area contributed by atoms with Crippen molar-refractivity contribution in [2.45, 2.75) is 19.8 Å². The van der Waals surface area contributed by atoms with Gasteiger partial charge >= 0.3 is 5.97 Å². The molecule has 212 valence electrons. The van der Waals surface area contributed by atoms with Crippen molar-refractivity contribution in [2.24, 2.45) is 11.8 Å². The van der Waals surface area contributed by atoms with Crippen molar-refractivity contribution in [1.82, 2.24) is 10.0 Å². The first-order valence-corrected chi connectivity index (χ1v) is 13.1. The Labute approximate surface area is 240 Å². The van der Waals surface area contributed by atoms with Crippen LogP contribution >= 0.6 is 0 Å². The van der Waals surface area contributed by atoms with E-state index in [0.717, 1.165) is 27.7 Å². The maximum absolute atomic E-state index is 13.6. The average Bonchev–Trinajstić information content (AvgIpc) is 3.25. The monoisotopic (exact) mass is 567 g/mol. The van der Waals surface area contributed by atoms with E-state index in [1.165, 1.54) is 36.4 Å². The highest BCUT2D eigenvalue weighted by molar-refractivity contribution is 6.09. The van der Waals surface area contributed by atoms with E-state index >= 15 is 0 Å². The summed E-state index contributed by atoms with van der Waals surface area (Å²) in [7, 11) is 0. The molecule has 1 fully saturated rings. The van der Waals surface area contributed by atoms with Crippen molar-refractivity contribution < 1.29 is 33.6 Å². The maximum atomic E-state index is 13.6. The molecule has 11 heteroatoms. The number of fused-ring (bicyclic) bond motifs is 1. The van der Waals surface area contributed by atoms with Crippen LogP contribution in [0, 0.1) is 28.9 Å². The van der Waals surface area contributed by atoms with E-state index in [2.05, 4.69) is 0 Å². The molecule has 1 aliphatic carbocycles. The second-order valence-corrected chi connectivity index (χ2v) is 10.0. The SMILES string of the molecule is Cc1ccc(C(=O)Oc2ccc(C(=O)CN(C(=O)c3ccc([N+](=O)[O-])cc3)N3C(=O)[C@@H]4CC=CC[C@H]4C3=O)cc2)cc1. The minimum absolute atomic E-state index is 0.0413. The molecule has 0 unspecified atom stereocenters. The zero-order valence-corrected chi connectivity index (χ0v) is 22.5. The van der Waals surface area contributed by atoms with E-state index in [-0.39, 0.29) is 22.6 Å². The number of esters is 1. The molecule has 11 nitrogen and oxygen atoms in total. The Kier molecular flexibility index (Phi) is 7.74. The molecule has 0 radical (unpaired) electrons. The van der Waals surface area contributed by atoms with Crippen molar-refractivity contribution in [3.05, 3.63) is 117 Å². The molecule has 42 heavy (non-hydrogen) atoms. The van der Waals surface area contributed by atoms with E-state index in [9.17, 15) is 34.1 Å². The van der Waals surface area contributed by atoms with Crippen molar-refractivity contribution in [3.63, 3.8) is 0 Å². The minimum atomic E-state index is -0.838. The average molecular weight is 568 g/mol. The smallest absolute Gasteiger partial charge is 0.343 e. The number of non-ortho nitro benzene ring substituents is 1. The quantitative estimate of drug-likeness (QED) is 0.0745. The number of nitro benzene ring substituents is 1. The molecule has 5 rings (SSSR count). The number of aryl methyl sites for hydroxylation is 1. The summed E-state index contributed by atoms with van der Waals surface area (Å²) in [5, 5.41) is 12.6. The molecular weight excluding hydrogens is 542 g/mol. The number of amides is 3. The van der Waals surface area contributed by atoms with Crippen LogP contribution in [0.1, 0.15) is 49.5 Å². The van der Waals surface area contributed by atoms with Gasteiger partial charge in [-0.2, -0.15) is 5.01 Å². The Morgan fingerprint density at radius 1 is 0.833 bits per heavy atom. The Hall–Kier alpha value is -5.45. The fourth-order valence-corrected chi connectivity index (χ4v) is 4.92. The number of nitro groups is 1. The molecule has 0 aromatic heterocycles. The Morgan fingerprint density at radius 3 is 1.90 bits per heavy atom. The van der Waals surface area contributed by atoms with E-state index in [4.69, 9.17) is 4.74 Å². The van der Waals surface area contributed by atoms with Gasteiger partial charge in [0.15, 0.2) is 5.78 Å². The first-order valence-electron chi connectivity index (χ1n) is 13.1. The summed E-state index contributed by atoms with van der Waals surface area (Å²) in [4.78, 5) is 76.4. The fraction of sp³-hybridized carbons (Fsp3) is 0.194. The van der Waals surface area contributed by atoms with Crippen LogP contribution in [0.2, 0.25) is 0 Å². The van der Waals surface area contributed by atoms with Gasteiger partial charge in [0.1, 0.15) is 12.3 Å². The number of nitrogens with zero attached hydrogens (tertiary/aromatic N) is 3. The molecule has 3 aromatic rings. The number of benzene rings is 3. The molecule has 3 aromatic carbocycles. The van der Waals surface area contributed by atoms with E-state index in [0.29, 0.717) is 18.4 Å². The van der Waals surface area contributed by atoms with Crippen LogP contribution in [0.3, 0.4) is 0 Å². The molecule has 2 aliphatic rings. The molecule has 0 N–H and O–H groups in total. The highest BCUT2D eigenvalue weighted by Gasteiger charge is 2.51. The minimum Gasteiger partial charge on any atom is -0.423 e. The molecule has 0 bridgehead atoms. The zero-order valence-electron chi connectivity index (χ0n) is 22.5. The Bertz CT molecular complexity index is 1590. The predicted molar refractivity (Wildman–Crippen MR) is 148 cm³/mol. The van der Waals surface area contributed by atoms with E-state index < -0.39 is 52.8 Å². The van der Waals surface area contributed by atoms with Gasteiger partial charge in [0.2, 0.25) is 0 Å². The summed E-state index contributed by atoms with van der Waals surface area (Å²) < 4.78 is 5.38. The highest BCUT2D eigenvalue weighted by Crippen LogP contribution is 2.36. The molecule has 1 aliphatic heterocycles. The van der Waals surface area contributed by atoms with Crippen LogP contribution in [0.5, 0.6) is 5.75 Å². The summed E-state index contributed by atoms with van der Waals surface area (Å²) >= 11 is 0. The van der Waals surface area contributed by atoms with Gasteiger partial charge in [-0.05, 0) is 68.3 Å². The van der Waals surface area contributed by atoms with Gasteiger partial charge < -0.3 is 4.74 Å². The predicted octanol–water partition coefficient (Wildman–Crippen LogP) is 4.31.